The highest BCUT2D eigenvalue weighted by Gasteiger charge is 2.13. The first-order valence-corrected chi connectivity index (χ1v) is 7.51. The van der Waals surface area contributed by atoms with E-state index in [2.05, 4.69) is 21.2 Å². The number of benzene rings is 1. The van der Waals surface area contributed by atoms with Crippen LogP contribution >= 0.6 is 27.7 Å². The van der Waals surface area contributed by atoms with Gasteiger partial charge in [0.25, 0.3) is 0 Å². The standard InChI is InChI=1S/C13H19BrN2OS/c1-10(13(17)15-8-9-16(2)3)18-12-6-4-11(14)5-7-12/h4-7,10H,8-9H2,1-3H3,(H,15,17). The summed E-state index contributed by atoms with van der Waals surface area (Å²) >= 11 is 4.97. The monoisotopic (exact) mass is 330 g/mol. The lowest BCUT2D eigenvalue weighted by Crippen LogP contribution is -2.35. The van der Waals surface area contributed by atoms with Gasteiger partial charge >= 0.3 is 0 Å². The number of nitrogens with one attached hydrogen (secondary N) is 1. The van der Waals surface area contributed by atoms with Crippen molar-refractivity contribution < 1.29 is 4.79 Å². The molecule has 1 N–H and O–H groups in total. The van der Waals surface area contributed by atoms with Gasteiger partial charge in [0.15, 0.2) is 0 Å². The summed E-state index contributed by atoms with van der Waals surface area (Å²) in [7, 11) is 3.98. The van der Waals surface area contributed by atoms with Crippen LogP contribution in [0.3, 0.4) is 0 Å². The normalized spacial score (nSPS) is 12.5. The first kappa shape index (κ1) is 15.5. The van der Waals surface area contributed by atoms with Gasteiger partial charge in [-0.2, -0.15) is 0 Å². The number of rotatable bonds is 6. The topological polar surface area (TPSA) is 32.3 Å². The first-order valence-electron chi connectivity index (χ1n) is 5.83. The summed E-state index contributed by atoms with van der Waals surface area (Å²) in [4.78, 5) is 15.0. The Kier molecular flexibility index (Phi) is 6.75. The Morgan fingerprint density at radius 3 is 2.56 bits per heavy atom. The Hall–Kier alpha value is -0.520. The van der Waals surface area contributed by atoms with Crippen molar-refractivity contribution in [3.05, 3.63) is 28.7 Å². The highest BCUT2D eigenvalue weighted by atomic mass is 79.9. The minimum absolute atomic E-state index is 0.0756. The third-order valence-corrected chi connectivity index (χ3v) is 3.99. The molecule has 0 aromatic heterocycles. The van der Waals surface area contributed by atoms with Gasteiger partial charge < -0.3 is 10.2 Å². The van der Waals surface area contributed by atoms with Crippen molar-refractivity contribution in [1.82, 2.24) is 10.2 Å². The Labute approximate surface area is 121 Å². The van der Waals surface area contributed by atoms with Crippen LogP contribution in [0, 0.1) is 0 Å². The second-order valence-electron chi connectivity index (χ2n) is 4.31. The van der Waals surface area contributed by atoms with Crippen molar-refractivity contribution >= 4 is 33.6 Å². The summed E-state index contributed by atoms with van der Waals surface area (Å²) in [5, 5.41) is 2.86. The molecule has 5 heteroatoms. The van der Waals surface area contributed by atoms with Gasteiger partial charge in [-0.05, 0) is 45.3 Å². The van der Waals surface area contributed by atoms with Crippen molar-refractivity contribution in [3.63, 3.8) is 0 Å². The number of halogens is 1. The molecule has 0 aliphatic rings. The van der Waals surface area contributed by atoms with E-state index in [4.69, 9.17) is 0 Å². The summed E-state index contributed by atoms with van der Waals surface area (Å²) < 4.78 is 1.05. The van der Waals surface area contributed by atoms with Crippen LogP contribution in [-0.2, 0) is 4.79 Å². The molecule has 0 heterocycles. The Bertz CT molecular complexity index is 381. The van der Waals surface area contributed by atoms with Crippen LogP contribution in [0.5, 0.6) is 0 Å². The highest BCUT2D eigenvalue weighted by Crippen LogP contribution is 2.24. The molecule has 1 aromatic carbocycles. The number of nitrogens with zero attached hydrogens (tertiary/aromatic N) is 1. The molecule has 18 heavy (non-hydrogen) atoms. The molecule has 0 saturated heterocycles. The van der Waals surface area contributed by atoms with Crippen molar-refractivity contribution in [2.24, 2.45) is 0 Å². The van der Waals surface area contributed by atoms with Crippen LogP contribution in [0.2, 0.25) is 0 Å². The second kappa shape index (κ2) is 7.81. The number of hydrogen-bond donors (Lipinski definition) is 1. The molecule has 1 aromatic rings. The van der Waals surface area contributed by atoms with Crippen molar-refractivity contribution in [1.29, 1.82) is 0 Å². The van der Waals surface area contributed by atoms with Crippen LogP contribution in [0.15, 0.2) is 33.6 Å². The van der Waals surface area contributed by atoms with Gasteiger partial charge in [-0.15, -0.1) is 11.8 Å². The van der Waals surface area contributed by atoms with E-state index < -0.39 is 0 Å². The van der Waals surface area contributed by atoms with E-state index in [1.807, 2.05) is 50.2 Å². The first-order chi connectivity index (χ1) is 8.49. The molecule has 100 valence electrons. The summed E-state index contributed by atoms with van der Waals surface area (Å²) in [6.45, 7) is 3.48. The van der Waals surface area contributed by atoms with Gasteiger partial charge in [-0.25, -0.2) is 0 Å². The molecule has 0 fully saturated rings. The van der Waals surface area contributed by atoms with Gasteiger partial charge in [0.2, 0.25) is 5.91 Å². The number of thioether (sulfide) groups is 1. The number of carbonyl (C=O) groups excluding carboxylic acids is 1. The maximum absolute atomic E-state index is 11.8. The molecule has 1 rings (SSSR count). The maximum Gasteiger partial charge on any atom is 0.233 e. The average Bonchev–Trinajstić information content (AvgIpc) is 2.31. The Balaban J connectivity index is 2.37. The molecule has 0 radical (unpaired) electrons. The van der Waals surface area contributed by atoms with Crippen LogP contribution in [-0.4, -0.2) is 43.2 Å². The number of likely N-dealkylation sites (N-methyl/N-ethyl adjacent to an activating group) is 1. The smallest absolute Gasteiger partial charge is 0.233 e. The minimum Gasteiger partial charge on any atom is -0.354 e. The summed E-state index contributed by atoms with van der Waals surface area (Å²) in [5.41, 5.74) is 0. The predicted molar refractivity (Wildman–Crippen MR) is 81.0 cm³/mol. The van der Waals surface area contributed by atoms with Gasteiger partial charge in [-0.1, -0.05) is 15.9 Å². The average molecular weight is 331 g/mol. The zero-order valence-electron chi connectivity index (χ0n) is 10.9. The van der Waals surface area contributed by atoms with E-state index in [-0.39, 0.29) is 11.2 Å². The SMILES string of the molecule is CC(Sc1ccc(Br)cc1)C(=O)NCCN(C)C. The third kappa shape index (κ3) is 5.89. The molecule has 3 nitrogen and oxygen atoms in total. The van der Waals surface area contributed by atoms with Crippen LogP contribution in [0.4, 0.5) is 0 Å². The quantitative estimate of drug-likeness (QED) is 0.814. The number of hydrogen-bond acceptors (Lipinski definition) is 3. The molecule has 1 unspecified atom stereocenters. The van der Waals surface area contributed by atoms with E-state index in [1.165, 1.54) is 0 Å². The molecule has 0 bridgehead atoms. The zero-order valence-corrected chi connectivity index (χ0v) is 13.3. The van der Waals surface area contributed by atoms with Crippen LogP contribution < -0.4 is 5.32 Å². The predicted octanol–water partition coefficient (Wildman–Crippen LogP) is 2.61. The molecule has 0 saturated carbocycles. The highest BCUT2D eigenvalue weighted by molar-refractivity contribution is 9.10. The van der Waals surface area contributed by atoms with E-state index >= 15 is 0 Å². The lowest BCUT2D eigenvalue weighted by molar-refractivity contribution is -0.120. The Morgan fingerprint density at radius 2 is 2.00 bits per heavy atom. The fraction of sp³-hybridized carbons (Fsp3) is 0.462. The summed E-state index contributed by atoms with van der Waals surface area (Å²) in [5.74, 6) is 0.0877. The molecular formula is C13H19BrN2OS. The van der Waals surface area contributed by atoms with E-state index in [0.29, 0.717) is 6.54 Å². The van der Waals surface area contributed by atoms with Gasteiger partial charge in [0.05, 0.1) is 5.25 Å². The number of carbonyl (C=O) groups is 1. The fourth-order valence-electron chi connectivity index (χ4n) is 1.32. The number of amides is 1. The third-order valence-electron chi connectivity index (χ3n) is 2.35. The van der Waals surface area contributed by atoms with Crippen molar-refractivity contribution in [3.8, 4) is 0 Å². The molecule has 0 aliphatic carbocycles. The van der Waals surface area contributed by atoms with Crippen LogP contribution in [0.1, 0.15) is 6.92 Å². The van der Waals surface area contributed by atoms with E-state index in [9.17, 15) is 4.79 Å². The van der Waals surface area contributed by atoms with E-state index in [1.54, 1.807) is 11.8 Å². The zero-order chi connectivity index (χ0) is 13.5. The lowest BCUT2D eigenvalue weighted by Gasteiger charge is -2.14. The van der Waals surface area contributed by atoms with Crippen molar-refractivity contribution in [2.45, 2.75) is 17.1 Å². The molecule has 0 spiro atoms. The summed E-state index contributed by atoms with van der Waals surface area (Å²) in [6.07, 6.45) is 0. The second-order valence-corrected chi connectivity index (χ2v) is 6.64. The van der Waals surface area contributed by atoms with Crippen molar-refractivity contribution in [2.75, 3.05) is 27.2 Å². The fourth-order valence-corrected chi connectivity index (χ4v) is 2.47. The van der Waals surface area contributed by atoms with Gasteiger partial charge in [0.1, 0.15) is 0 Å². The lowest BCUT2D eigenvalue weighted by atomic mass is 10.4. The molecular weight excluding hydrogens is 312 g/mol. The Morgan fingerprint density at radius 1 is 1.39 bits per heavy atom. The van der Waals surface area contributed by atoms with Gasteiger partial charge in [0, 0.05) is 22.5 Å². The maximum atomic E-state index is 11.8. The minimum atomic E-state index is -0.0756. The largest absolute Gasteiger partial charge is 0.354 e. The van der Waals surface area contributed by atoms with E-state index in [0.717, 1.165) is 15.9 Å². The van der Waals surface area contributed by atoms with Gasteiger partial charge in [-0.3, -0.25) is 4.79 Å². The molecule has 1 amide bonds. The van der Waals surface area contributed by atoms with Crippen LogP contribution in [0.25, 0.3) is 0 Å². The summed E-state index contributed by atoms with van der Waals surface area (Å²) in [6, 6.07) is 7.99. The molecule has 0 aliphatic heterocycles. The molecule has 1 atom stereocenters.